The second-order valence-corrected chi connectivity index (χ2v) is 6.09. The molecule has 128 valence electrons. The van der Waals surface area contributed by atoms with Gasteiger partial charge in [0.2, 0.25) is 0 Å². The number of rotatable bonds is 6. The molecule has 0 aromatic heterocycles. The van der Waals surface area contributed by atoms with E-state index in [9.17, 15) is 14.4 Å². The summed E-state index contributed by atoms with van der Waals surface area (Å²) in [6, 6.07) is 13.9. The van der Waals surface area contributed by atoms with Gasteiger partial charge in [-0.25, -0.2) is 4.79 Å². The molecule has 0 radical (unpaired) electrons. The number of halogens is 1. The third-order valence-electron chi connectivity index (χ3n) is 3.18. The van der Waals surface area contributed by atoms with Gasteiger partial charge in [-0.3, -0.25) is 9.59 Å². The molecule has 6 heteroatoms. The molecule has 2 aromatic rings. The number of nitrogens with one attached hydrogen (secondary N) is 1. The van der Waals surface area contributed by atoms with Crippen LogP contribution in [-0.2, 0) is 14.3 Å². The van der Waals surface area contributed by atoms with Crippen molar-refractivity contribution in [3.05, 3.63) is 70.2 Å². The zero-order valence-electron chi connectivity index (χ0n) is 13.5. The first-order valence-corrected chi connectivity index (χ1v) is 8.24. The highest BCUT2D eigenvalue weighted by Gasteiger charge is 2.06. The highest BCUT2D eigenvalue weighted by Crippen LogP contribution is 2.13. The number of ether oxygens (including phenoxy) is 1. The Morgan fingerprint density at radius 3 is 2.48 bits per heavy atom. The minimum absolute atomic E-state index is 0.0518. The maximum atomic E-state index is 11.8. The molecule has 1 amide bonds. The molecule has 0 bridgehead atoms. The Bertz CT molecular complexity index is 812. The Hall–Kier alpha value is -2.73. The highest BCUT2D eigenvalue weighted by atomic mass is 79.9. The number of hydrogen-bond acceptors (Lipinski definition) is 4. The van der Waals surface area contributed by atoms with Gasteiger partial charge < -0.3 is 10.1 Å². The Labute approximate surface area is 153 Å². The fourth-order valence-electron chi connectivity index (χ4n) is 1.94. The monoisotopic (exact) mass is 401 g/mol. The van der Waals surface area contributed by atoms with E-state index in [-0.39, 0.29) is 5.78 Å². The van der Waals surface area contributed by atoms with Crippen LogP contribution < -0.4 is 5.32 Å². The Morgan fingerprint density at radius 1 is 1.12 bits per heavy atom. The lowest BCUT2D eigenvalue weighted by Crippen LogP contribution is -2.20. The fraction of sp³-hybridized carbons (Fsp3) is 0.105. The van der Waals surface area contributed by atoms with Gasteiger partial charge in [-0.15, -0.1) is 0 Å². The lowest BCUT2D eigenvalue weighted by Gasteiger charge is -2.06. The van der Waals surface area contributed by atoms with Crippen LogP contribution in [0.25, 0.3) is 6.08 Å². The molecule has 1 N–H and O–H groups in total. The minimum atomic E-state index is -0.609. The summed E-state index contributed by atoms with van der Waals surface area (Å²) in [5.41, 5.74) is 1.92. The first-order valence-electron chi connectivity index (χ1n) is 7.45. The Balaban J connectivity index is 1.81. The molecule has 0 aliphatic heterocycles. The van der Waals surface area contributed by atoms with Crippen molar-refractivity contribution in [1.82, 2.24) is 0 Å². The third-order valence-corrected chi connectivity index (χ3v) is 3.67. The lowest BCUT2D eigenvalue weighted by atomic mass is 10.1. The first kappa shape index (κ1) is 18.6. The average Bonchev–Trinajstić information content (AvgIpc) is 2.58. The molecule has 5 nitrogen and oxygen atoms in total. The van der Waals surface area contributed by atoms with Crippen molar-refractivity contribution in [1.29, 1.82) is 0 Å². The first-order chi connectivity index (χ1) is 11.9. The molecule has 0 atom stereocenters. The molecule has 0 saturated carbocycles. The normalized spacial score (nSPS) is 10.5. The molecule has 0 saturated heterocycles. The average molecular weight is 402 g/mol. The third kappa shape index (κ3) is 6.35. The van der Waals surface area contributed by atoms with E-state index >= 15 is 0 Å². The van der Waals surface area contributed by atoms with Crippen molar-refractivity contribution in [2.24, 2.45) is 0 Å². The molecule has 0 aliphatic rings. The highest BCUT2D eigenvalue weighted by molar-refractivity contribution is 9.10. The summed E-state index contributed by atoms with van der Waals surface area (Å²) >= 11 is 3.34. The second-order valence-electron chi connectivity index (χ2n) is 5.18. The number of anilines is 1. The van der Waals surface area contributed by atoms with Crippen LogP contribution in [0, 0.1) is 0 Å². The van der Waals surface area contributed by atoms with E-state index in [4.69, 9.17) is 4.74 Å². The van der Waals surface area contributed by atoms with Gasteiger partial charge in [0.25, 0.3) is 5.91 Å². The van der Waals surface area contributed by atoms with E-state index in [2.05, 4.69) is 21.2 Å². The van der Waals surface area contributed by atoms with Crippen molar-refractivity contribution in [2.45, 2.75) is 6.92 Å². The Morgan fingerprint density at radius 2 is 1.84 bits per heavy atom. The number of esters is 1. The van der Waals surface area contributed by atoms with Crippen LogP contribution in [0.4, 0.5) is 5.69 Å². The van der Waals surface area contributed by atoms with E-state index in [1.807, 2.05) is 24.3 Å². The lowest BCUT2D eigenvalue weighted by molar-refractivity contribution is -0.142. The van der Waals surface area contributed by atoms with Crippen LogP contribution in [0.2, 0.25) is 0 Å². The van der Waals surface area contributed by atoms with Gasteiger partial charge in [-0.05, 0) is 55.0 Å². The number of ketones is 1. The predicted molar refractivity (Wildman–Crippen MR) is 99.2 cm³/mol. The smallest absolute Gasteiger partial charge is 0.331 e. The molecule has 2 rings (SSSR count). The SMILES string of the molecule is CC(=O)c1ccc(NC(=O)COC(=O)/C=C/c2cccc(Br)c2)cc1. The zero-order chi connectivity index (χ0) is 18.2. The molecule has 0 fully saturated rings. The standard InChI is InChI=1S/C19H16BrNO4/c1-13(22)15-6-8-17(9-7-15)21-18(23)12-25-19(24)10-5-14-3-2-4-16(20)11-14/h2-11H,12H2,1H3,(H,21,23)/b10-5+. The van der Waals surface area contributed by atoms with E-state index in [0.29, 0.717) is 11.3 Å². The van der Waals surface area contributed by atoms with Gasteiger partial charge in [0.1, 0.15) is 0 Å². The number of amides is 1. The molecule has 0 spiro atoms. The molecule has 2 aromatic carbocycles. The molecule has 0 heterocycles. The van der Waals surface area contributed by atoms with Gasteiger partial charge in [0, 0.05) is 21.8 Å². The molecular weight excluding hydrogens is 386 g/mol. The van der Waals surface area contributed by atoms with Crippen LogP contribution in [0.5, 0.6) is 0 Å². The van der Waals surface area contributed by atoms with Gasteiger partial charge in [0.15, 0.2) is 12.4 Å². The van der Waals surface area contributed by atoms with Gasteiger partial charge in [-0.2, -0.15) is 0 Å². The summed E-state index contributed by atoms with van der Waals surface area (Å²) in [5.74, 6) is -1.12. The number of hydrogen-bond donors (Lipinski definition) is 1. The summed E-state index contributed by atoms with van der Waals surface area (Å²) < 4.78 is 5.79. The summed E-state index contributed by atoms with van der Waals surface area (Å²) in [5, 5.41) is 2.59. The fourth-order valence-corrected chi connectivity index (χ4v) is 2.36. The number of carbonyl (C=O) groups excluding carboxylic acids is 3. The van der Waals surface area contributed by atoms with E-state index < -0.39 is 18.5 Å². The molecule has 0 aliphatic carbocycles. The number of carbonyl (C=O) groups is 3. The Kier molecular flexibility index (Phi) is 6.65. The van der Waals surface area contributed by atoms with Crippen LogP contribution >= 0.6 is 15.9 Å². The summed E-state index contributed by atoms with van der Waals surface area (Å²) in [7, 11) is 0. The van der Waals surface area contributed by atoms with Crippen LogP contribution in [-0.4, -0.2) is 24.3 Å². The van der Waals surface area contributed by atoms with Crippen LogP contribution in [0.1, 0.15) is 22.8 Å². The van der Waals surface area contributed by atoms with E-state index in [1.54, 1.807) is 30.3 Å². The number of benzene rings is 2. The minimum Gasteiger partial charge on any atom is -0.452 e. The summed E-state index contributed by atoms with van der Waals surface area (Å²) in [6.45, 7) is 1.07. The largest absolute Gasteiger partial charge is 0.452 e. The van der Waals surface area contributed by atoms with Crippen LogP contribution in [0.15, 0.2) is 59.1 Å². The summed E-state index contributed by atoms with van der Waals surface area (Å²) in [6.07, 6.45) is 2.86. The summed E-state index contributed by atoms with van der Waals surface area (Å²) in [4.78, 5) is 34.6. The number of Topliss-reactive ketones (excluding diaryl/α,β-unsaturated/α-hetero) is 1. The zero-order valence-corrected chi connectivity index (χ0v) is 15.1. The maximum Gasteiger partial charge on any atom is 0.331 e. The van der Waals surface area contributed by atoms with Crippen LogP contribution in [0.3, 0.4) is 0 Å². The predicted octanol–water partition coefficient (Wildman–Crippen LogP) is 3.85. The molecular formula is C19H16BrNO4. The van der Waals surface area contributed by atoms with Crippen molar-refractivity contribution in [3.8, 4) is 0 Å². The molecule has 25 heavy (non-hydrogen) atoms. The van der Waals surface area contributed by atoms with E-state index in [1.165, 1.54) is 13.0 Å². The molecule has 0 unspecified atom stereocenters. The van der Waals surface area contributed by atoms with Crippen molar-refractivity contribution in [2.75, 3.05) is 11.9 Å². The van der Waals surface area contributed by atoms with Gasteiger partial charge >= 0.3 is 5.97 Å². The topological polar surface area (TPSA) is 72.5 Å². The van der Waals surface area contributed by atoms with Crippen molar-refractivity contribution >= 4 is 45.4 Å². The van der Waals surface area contributed by atoms with Crippen molar-refractivity contribution in [3.63, 3.8) is 0 Å². The van der Waals surface area contributed by atoms with E-state index in [0.717, 1.165) is 10.0 Å². The quantitative estimate of drug-likeness (QED) is 0.453. The van der Waals surface area contributed by atoms with Gasteiger partial charge in [-0.1, -0.05) is 28.1 Å². The second kappa shape index (κ2) is 8.94. The maximum absolute atomic E-state index is 11.8. The van der Waals surface area contributed by atoms with Gasteiger partial charge in [0.05, 0.1) is 0 Å². The van der Waals surface area contributed by atoms with Crippen molar-refractivity contribution < 1.29 is 19.1 Å².